The number of carbonyl (C=O) groups excluding carboxylic acids is 1. The van der Waals surface area contributed by atoms with Gasteiger partial charge in [-0.05, 0) is 36.8 Å². The molecule has 1 aliphatic heterocycles. The lowest BCUT2D eigenvalue weighted by molar-refractivity contribution is 0.0724. The Balaban J connectivity index is 1.81. The monoisotopic (exact) mass is 331 g/mol. The van der Waals surface area contributed by atoms with E-state index in [1.807, 2.05) is 0 Å². The molecule has 1 N–H and O–H groups in total. The molecule has 0 radical (unpaired) electrons. The average Bonchev–Trinajstić information content (AvgIpc) is 3.18. The number of amides is 1. The molecule has 0 aliphatic carbocycles. The molecule has 1 atom stereocenters. The first-order valence-corrected chi connectivity index (χ1v) is 7.95. The minimum Gasteiger partial charge on any atom is -0.429 e. The van der Waals surface area contributed by atoms with Crippen LogP contribution in [0.15, 0.2) is 22.6 Å². The Morgan fingerprint density at radius 2 is 2.39 bits per heavy atom. The Bertz CT molecular complexity index is 799. The van der Waals surface area contributed by atoms with E-state index in [2.05, 4.69) is 11.1 Å². The van der Waals surface area contributed by atoms with Gasteiger partial charge >= 0.3 is 0 Å². The molecule has 1 aromatic heterocycles. The van der Waals surface area contributed by atoms with Crippen molar-refractivity contribution in [1.29, 1.82) is 5.26 Å². The quantitative estimate of drug-likeness (QED) is 0.852. The summed E-state index contributed by atoms with van der Waals surface area (Å²) in [4.78, 5) is 17.7. The molecule has 1 fully saturated rings. The smallest absolute Gasteiger partial charge is 0.266 e. The van der Waals surface area contributed by atoms with Gasteiger partial charge in [-0.2, -0.15) is 5.26 Å². The standard InChI is InChI=1S/C16H17N3O3S/c17-5-1-6-19(9-11-4-7-21-10-11)15(20)12-2-3-13-14(8-12)22-16(23)18-13/h2-3,8,11H,1,4,6-7,9-10H2,(H,18,23)/t11-/m1/s1. The number of oxazole rings is 1. The normalized spacial score (nSPS) is 17.3. The molecule has 0 unspecified atom stereocenters. The zero-order valence-electron chi connectivity index (χ0n) is 12.6. The van der Waals surface area contributed by atoms with E-state index in [1.165, 1.54) is 0 Å². The van der Waals surface area contributed by atoms with E-state index in [9.17, 15) is 4.79 Å². The van der Waals surface area contributed by atoms with Crippen LogP contribution in [0.3, 0.4) is 0 Å². The second kappa shape index (κ2) is 6.94. The first kappa shape index (κ1) is 15.7. The van der Waals surface area contributed by atoms with Crippen LogP contribution in [0, 0.1) is 22.1 Å². The number of nitriles is 1. The molecule has 6 nitrogen and oxygen atoms in total. The maximum Gasteiger partial charge on any atom is 0.266 e. The number of carbonyl (C=O) groups is 1. The van der Waals surface area contributed by atoms with Crippen molar-refractivity contribution in [2.24, 2.45) is 5.92 Å². The average molecular weight is 331 g/mol. The summed E-state index contributed by atoms with van der Waals surface area (Å²) in [7, 11) is 0. The largest absolute Gasteiger partial charge is 0.429 e. The summed E-state index contributed by atoms with van der Waals surface area (Å²) in [5.41, 5.74) is 1.86. The first-order chi connectivity index (χ1) is 11.2. The van der Waals surface area contributed by atoms with Crippen LogP contribution in [0.2, 0.25) is 0 Å². The topological polar surface area (TPSA) is 82.3 Å². The lowest BCUT2D eigenvalue weighted by Gasteiger charge is -2.24. The Morgan fingerprint density at radius 3 is 3.13 bits per heavy atom. The van der Waals surface area contributed by atoms with Crippen LogP contribution in [0.4, 0.5) is 0 Å². The van der Waals surface area contributed by atoms with Crippen LogP contribution in [-0.2, 0) is 4.74 Å². The van der Waals surface area contributed by atoms with Crippen molar-refractivity contribution < 1.29 is 13.9 Å². The summed E-state index contributed by atoms with van der Waals surface area (Å²) in [6, 6.07) is 7.32. The van der Waals surface area contributed by atoms with Crippen molar-refractivity contribution in [3.8, 4) is 6.07 Å². The molecule has 120 valence electrons. The van der Waals surface area contributed by atoms with Gasteiger partial charge in [-0.3, -0.25) is 4.79 Å². The molecule has 0 bridgehead atoms. The maximum atomic E-state index is 12.8. The molecule has 7 heteroatoms. The Kier molecular flexibility index (Phi) is 4.74. The summed E-state index contributed by atoms with van der Waals surface area (Å²) in [6.45, 7) is 2.43. The van der Waals surface area contributed by atoms with Crippen molar-refractivity contribution in [3.63, 3.8) is 0 Å². The number of nitrogens with zero attached hydrogens (tertiary/aromatic N) is 2. The molecule has 23 heavy (non-hydrogen) atoms. The van der Waals surface area contributed by atoms with Crippen molar-refractivity contribution in [2.75, 3.05) is 26.3 Å². The van der Waals surface area contributed by atoms with Crippen molar-refractivity contribution in [1.82, 2.24) is 9.88 Å². The van der Waals surface area contributed by atoms with Gasteiger partial charge in [-0.15, -0.1) is 0 Å². The van der Waals surface area contributed by atoms with Gasteiger partial charge in [0.25, 0.3) is 10.7 Å². The van der Waals surface area contributed by atoms with Gasteiger partial charge in [0.2, 0.25) is 0 Å². The summed E-state index contributed by atoms with van der Waals surface area (Å²) in [6.07, 6.45) is 1.26. The number of rotatable bonds is 5. The highest BCUT2D eigenvalue weighted by Crippen LogP contribution is 2.19. The Labute approximate surface area is 138 Å². The number of ether oxygens (including phenoxy) is 1. The number of aromatic amines is 1. The van der Waals surface area contributed by atoms with E-state index in [0.717, 1.165) is 18.5 Å². The number of fused-ring (bicyclic) bond motifs is 1. The molecule has 1 aromatic carbocycles. The van der Waals surface area contributed by atoms with Crippen LogP contribution in [0.5, 0.6) is 0 Å². The summed E-state index contributed by atoms with van der Waals surface area (Å²) < 4.78 is 10.7. The highest BCUT2D eigenvalue weighted by molar-refractivity contribution is 7.71. The van der Waals surface area contributed by atoms with E-state index in [4.69, 9.17) is 26.6 Å². The fraction of sp³-hybridized carbons (Fsp3) is 0.438. The molecule has 3 rings (SSSR count). The number of hydrogen-bond acceptors (Lipinski definition) is 5. The second-order valence-electron chi connectivity index (χ2n) is 5.61. The van der Waals surface area contributed by atoms with Gasteiger partial charge in [0.1, 0.15) is 0 Å². The van der Waals surface area contributed by atoms with Gasteiger partial charge in [0.15, 0.2) is 5.58 Å². The fourth-order valence-corrected chi connectivity index (χ4v) is 2.96. The van der Waals surface area contributed by atoms with Crippen molar-refractivity contribution >= 4 is 29.2 Å². The summed E-state index contributed by atoms with van der Waals surface area (Å²) in [5, 5.41) is 8.83. The lowest BCUT2D eigenvalue weighted by atomic mass is 10.1. The Morgan fingerprint density at radius 1 is 1.52 bits per heavy atom. The van der Waals surface area contributed by atoms with Crippen LogP contribution in [-0.4, -0.2) is 42.1 Å². The third kappa shape index (κ3) is 3.60. The van der Waals surface area contributed by atoms with Crippen LogP contribution < -0.4 is 0 Å². The lowest BCUT2D eigenvalue weighted by Crippen LogP contribution is -2.36. The molecule has 1 aliphatic rings. The molecule has 2 aromatic rings. The molecule has 2 heterocycles. The molecule has 1 saturated heterocycles. The van der Waals surface area contributed by atoms with Gasteiger partial charge < -0.3 is 19.0 Å². The second-order valence-corrected chi connectivity index (χ2v) is 5.99. The predicted molar refractivity (Wildman–Crippen MR) is 86.5 cm³/mol. The minimum absolute atomic E-state index is 0.101. The number of hydrogen-bond donors (Lipinski definition) is 1. The van der Waals surface area contributed by atoms with E-state index in [-0.39, 0.29) is 10.7 Å². The predicted octanol–water partition coefficient (Wildman–Crippen LogP) is 2.88. The van der Waals surface area contributed by atoms with Crippen LogP contribution >= 0.6 is 12.2 Å². The van der Waals surface area contributed by atoms with Crippen LogP contribution in [0.1, 0.15) is 23.2 Å². The zero-order chi connectivity index (χ0) is 16.2. The van der Waals surface area contributed by atoms with Gasteiger partial charge in [-0.1, -0.05) is 0 Å². The van der Waals surface area contributed by atoms with Gasteiger partial charge in [0, 0.05) is 31.2 Å². The summed E-state index contributed by atoms with van der Waals surface area (Å²) >= 11 is 4.96. The van der Waals surface area contributed by atoms with Crippen molar-refractivity contribution in [2.45, 2.75) is 12.8 Å². The SMILES string of the molecule is N#CCCN(C[C@H]1CCOC1)C(=O)c1ccc2[nH]c(=S)oc2c1. The minimum atomic E-state index is -0.101. The maximum absolute atomic E-state index is 12.8. The first-order valence-electron chi connectivity index (χ1n) is 7.54. The molecule has 0 spiro atoms. The molecular weight excluding hydrogens is 314 g/mol. The van der Waals surface area contributed by atoms with E-state index in [0.29, 0.717) is 43.2 Å². The zero-order valence-corrected chi connectivity index (χ0v) is 13.4. The molecular formula is C16H17N3O3S. The number of nitrogens with one attached hydrogen (secondary N) is 1. The number of benzene rings is 1. The summed E-state index contributed by atoms with van der Waals surface area (Å²) in [5.74, 6) is 0.230. The highest BCUT2D eigenvalue weighted by atomic mass is 32.1. The third-order valence-corrected chi connectivity index (χ3v) is 4.14. The van der Waals surface area contributed by atoms with E-state index in [1.54, 1.807) is 23.1 Å². The third-order valence-electron chi connectivity index (χ3n) is 3.95. The fourth-order valence-electron chi connectivity index (χ4n) is 2.76. The number of aromatic nitrogens is 1. The van der Waals surface area contributed by atoms with Crippen molar-refractivity contribution in [3.05, 3.63) is 28.6 Å². The van der Waals surface area contributed by atoms with E-state index >= 15 is 0 Å². The molecule has 1 amide bonds. The Hall–Kier alpha value is -2.17. The van der Waals surface area contributed by atoms with Crippen LogP contribution in [0.25, 0.3) is 11.1 Å². The molecule has 0 saturated carbocycles. The number of H-pyrrole nitrogens is 1. The van der Waals surface area contributed by atoms with E-state index < -0.39 is 0 Å². The van der Waals surface area contributed by atoms with Gasteiger partial charge in [0.05, 0.1) is 24.6 Å². The van der Waals surface area contributed by atoms with Gasteiger partial charge in [-0.25, -0.2) is 0 Å². The highest BCUT2D eigenvalue weighted by Gasteiger charge is 2.23.